The van der Waals surface area contributed by atoms with E-state index in [4.69, 9.17) is 4.74 Å². The third kappa shape index (κ3) is 3.66. The molecule has 18 heavy (non-hydrogen) atoms. The first-order valence-corrected chi connectivity index (χ1v) is 6.76. The summed E-state index contributed by atoms with van der Waals surface area (Å²) in [6, 6.07) is 1.76. The molecular weight excluding hydrogens is 248 g/mol. The fraction of sp³-hybridized carbons (Fsp3) is 0.417. The molecule has 0 saturated heterocycles. The molecule has 0 unspecified atom stereocenters. The Morgan fingerprint density at radius 2 is 2.28 bits per heavy atom. The van der Waals surface area contributed by atoms with Gasteiger partial charge in [-0.05, 0) is 13.3 Å². The average Bonchev–Trinajstić information content (AvgIpc) is 2.80. The van der Waals surface area contributed by atoms with Crippen molar-refractivity contribution in [3.8, 4) is 5.88 Å². The van der Waals surface area contributed by atoms with E-state index in [2.05, 4.69) is 27.2 Å². The van der Waals surface area contributed by atoms with Crippen LogP contribution in [-0.4, -0.2) is 21.6 Å². The molecule has 0 aromatic carbocycles. The van der Waals surface area contributed by atoms with Gasteiger partial charge in [-0.1, -0.05) is 6.92 Å². The van der Waals surface area contributed by atoms with Gasteiger partial charge in [0.15, 0.2) is 0 Å². The highest BCUT2D eigenvalue weighted by molar-refractivity contribution is 7.09. The van der Waals surface area contributed by atoms with Gasteiger partial charge in [0.25, 0.3) is 0 Å². The highest BCUT2D eigenvalue weighted by atomic mass is 32.1. The monoisotopic (exact) mass is 264 g/mol. The van der Waals surface area contributed by atoms with E-state index < -0.39 is 0 Å². The first-order valence-electron chi connectivity index (χ1n) is 5.88. The van der Waals surface area contributed by atoms with Gasteiger partial charge in [0.05, 0.1) is 23.9 Å². The lowest BCUT2D eigenvalue weighted by molar-refractivity contribution is 0.305. The second kappa shape index (κ2) is 6.30. The third-order valence-electron chi connectivity index (χ3n) is 2.18. The van der Waals surface area contributed by atoms with Crippen LogP contribution in [0.5, 0.6) is 5.88 Å². The number of anilines is 1. The van der Waals surface area contributed by atoms with E-state index in [-0.39, 0.29) is 0 Å². The van der Waals surface area contributed by atoms with Gasteiger partial charge in [-0.25, -0.2) is 9.97 Å². The van der Waals surface area contributed by atoms with E-state index in [1.54, 1.807) is 23.6 Å². The molecule has 0 spiro atoms. The summed E-state index contributed by atoms with van der Waals surface area (Å²) in [5.41, 5.74) is 1.00. The van der Waals surface area contributed by atoms with E-state index in [9.17, 15) is 0 Å². The van der Waals surface area contributed by atoms with Crippen molar-refractivity contribution < 1.29 is 4.74 Å². The fourth-order valence-corrected chi connectivity index (χ4v) is 1.99. The topological polar surface area (TPSA) is 59.9 Å². The summed E-state index contributed by atoms with van der Waals surface area (Å²) < 4.78 is 5.45. The van der Waals surface area contributed by atoms with Gasteiger partial charge in [-0.15, -0.1) is 11.3 Å². The number of thiazole rings is 1. The van der Waals surface area contributed by atoms with Crippen molar-refractivity contribution in [3.63, 3.8) is 0 Å². The number of ether oxygens (including phenoxy) is 1. The Bertz CT molecular complexity index is 500. The molecule has 2 aromatic heterocycles. The molecule has 96 valence electrons. The first-order chi connectivity index (χ1) is 8.78. The highest BCUT2D eigenvalue weighted by Gasteiger charge is 2.02. The summed E-state index contributed by atoms with van der Waals surface area (Å²) in [6.45, 7) is 5.35. The zero-order chi connectivity index (χ0) is 12.8. The summed E-state index contributed by atoms with van der Waals surface area (Å²) in [5.74, 6) is 1.16. The van der Waals surface area contributed by atoms with Crippen LogP contribution in [0.2, 0.25) is 0 Å². The van der Waals surface area contributed by atoms with Crippen LogP contribution in [0, 0.1) is 6.92 Å². The van der Waals surface area contributed by atoms with Crippen molar-refractivity contribution >= 4 is 17.3 Å². The molecule has 0 radical (unpaired) electrons. The van der Waals surface area contributed by atoms with Crippen molar-refractivity contribution in [1.82, 2.24) is 15.0 Å². The molecule has 0 saturated carbocycles. The number of nitrogens with one attached hydrogen (secondary N) is 1. The smallest absolute Gasteiger partial charge is 0.226 e. The lowest BCUT2D eigenvalue weighted by Crippen LogP contribution is -2.05. The van der Waals surface area contributed by atoms with E-state index in [1.807, 2.05) is 12.3 Å². The molecule has 2 heterocycles. The molecule has 0 fully saturated rings. The van der Waals surface area contributed by atoms with Gasteiger partial charge in [0.2, 0.25) is 11.8 Å². The molecule has 0 aliphatic rings. The summed E-state index contributed by atoms with van der Waals surface area (Å²) in [4.78, 5) is 12.8. The van der Waals surface area contributed by atoms with Crippen LogP contribution in [0.25, 0.3) is 0 Å². The Balaban J connectivity index is 1.92. The van der Waals surface area contributed by atoms with Crippen molar-refractivity contribution in [2.75, 3.05) is 11.9 Å². The molecule has 5 nitrogen and oxygen atoms in total. The van der Waals surface area contributed by atoms with E-state index in [0.717, 1.165) is 17.1 Å². The van der Waals surface area contributed by atoms with Gasteiger partial charge in [-0.3, -0.25) is 0 Å². The summed E-state index contributed by atoms with van der Waals surface area (Å²) in [5, 5.41) is 6.22. The molecule has 0 atom stereocenters. The minimum Gasteiger partial charge on any atom is -0.478 e. The lowest BCUT2D eigenvalue weighted by atomic mass is 10.5. The zero-order valence-electron chi connectivity index (χ0n) is 10.5. The minimum absolute atomic E-state index is 0.564. The molecule has 6 heteroatoms. The number of aryl methyl sites for hydroxylation is 1. The van der Waals surface area contributed by atoms with Crippen molar-refractivity contribution in [2.45, 2.75) is 26.8 Å². The predicted molar refractivity (Wildman–Crippen MR) is 72.0 cm³/mol. The van der Waals surface area contributed by atoms with E-state index in [1.165, 1.54) is 0 Å². The van der Waals surface area contributed by atoms with Crippen LogP contribution in [-0.2, 0) is 6.54 Å². The average molecular weight is 264 g/mol. The Hall–Kier alpha value is -1.69. The Labute approximate surface area is 110 Å². The number of hydrogen-bond acceptors (Lipinski definition) is 6. The molecule has 1 N–H and O–H groups in total. The van der Waals surface area contributed by atoms with Crippen LogP contribution in [0.4, 0.5) is 5.95 Å². The van der Waals surface area contributed by atoms with E-state index in [0.29, 0.717) is 25.0 Å². The second-order valence-corrected chi connectivity index (χ2v) is 4.84. The summed E-state index contributed by atoms with van der Waals surface area (Å²) in [6.07, 6.45) is 2.65. The quantitative estimate of drug-likeness (QED) is 0.869. The fourth-order valence-electron chi connectivity index (χ4n) is 1.37. The molecule has 0 bridgehead atoms. The molecule has 0 aliphatic carbocycles. The maximum atomic E-state index is 5.45. The van der Waals surface area contributed by atoms with Gasteiger partial charge >= 0.3 is 0 Å². The van der Waals surface area contributed by atoms with Gasteiger partial charge in [-0.2, -0.15) is 4.98 Å². The maximum absolute atomic E-state index is 5.45. The molecule has 2 aromatic rings. The summed E-state index contributed by atoms with van der Waals surface area (Å²) >= 11 is 1.64. The molecular formula is C12H16N4OS. The predicted octanol–water partition coefficient (Wildman–Crippen LogP) is 2.64. The van der Waals surface area contributed by atoms with Crippen molar-refractivity contribution in [3.05, 3.63) is 28.3 Å². The first kappa shape index (κ1) is 12.8. The number of aromatic nitrogens is 3. The third-order valence-corrected chi connectivity index (χ3v) is 3.00. The van der Waals surface area contributed by atoms with Crippen LogP contribution in [0.1, 0.15) is 24.0 Å². The molecule has 0 amide bonds. The van der Waals surface area contributed by atoms with Crippen molar-refractivity contribution in [2.24, 2.45) is 0 Å². The minimum atomic E-state index is 0.564. The Kier molecular flexibility index (Phi) is 4.46. The van der Waals surface area contributed by atoms with Gasteiger partial charge in [0.1, 0.15) is 0 Å². The van der Waals surface area contributed by atoms with Gasteiger partial charge < -0.3 is 10.1 Å². The number of hydrogen-bond donors (Lipinski definition) is 1. The van der Waals surface area contributed by atoms with Crippen LogP contribution in [0.3, 0.4) is 0 Å². The highest BCUT2D eigenvalue weighted by Crippen LogP contribution is 2.11. The van der Waals surface area contributed by atoms with Crippen LogP contribution in [0.15, 0.2) is 17.6 Å². The molecule has 2 rings (SSSR count). The van der Waals surface area contributed by atoms with Crippen LogP contribution >= 0.6 is 11.3 Å². The van der Waals surface area contributed by atoms with Gasteiger partial charge in [0, 0.05) is 17.6 Å². The zero-order valence-corrected chi connectivity index (χ0v) is 11.3. The second-order valence-electron chi connectivity index (χ2n) is 3.78. The standard InChI is InChI=1S/C12H16N4OS/c1-3-6-17-11-4-5-13-12(16-11)14-7-10-8-18-9(2)15-10/h4-5,8H,3,6-7H2,1-2H3,(H,13,14,16). The largest absolute Gasteiger partial charge is 0.478 e. The number of rotatable bonds is 6. The number of nitrogens with zero attached hydrogens (tertiary/aromatic N) is 3. The Morgan fingerprint density at radius 1 is 1.39 bits per heavy atom. The van der Waals surface area contributed by atoms with E-state index >= 15 is 0 Å². The van der Waals surface area contributed by atoms with Crippen molar-refractivity contribution in [1.29, 1.82) is 0 Å². The summed E-state index contributed by atoms with van der Waals surface area (Å²) in [7, 11) is 0. The lowest BCUT2D eigenvalue weighted by Gasteiger charge is -2.06. The van der Waals surface area contributed by atoms with Crippen LogP contribution < -0.4 is 10.1 Å². The molecule has 0 aliphatic heterocycles. The Morgan fingerprint density at radius 3 is 3.00 bits per heavy atom. The normalized spacial score (nSPS) is 10.3. The maximum Gasteiger partial charge on any atom is 0.226 e. The SMILES string of the molecule is CCCOc1ccnc(NCc2csc(C)n2)n1.